The van der Waals surface area contributed by atoms with Gasteiger partial charge in [0.05, 0.1) is 12.6 Å². The first-order chi connectivity index (χ1) is 12.2. The van der Waals surface area contributed by atoms with E-state index in [1.165, 1.54) is 18.4 Å². The van der Waals surface area contributed by atoms with Crippen molar-refractivity contribution in [2.75, 3.05) is 46.4 Å². The number of likely N-dealkylation sites (tertiary alicyclic amines) is 1. The van der Waals surface area contributed by atoms with Crippen LogP contribution in [0.15, 0.2) is 35.3 Å². The van der Waals surface area contributed by atoms with Crippen LogP contribution < -0.4 is 10.6 Å². The fourth-order valence-electron chi connectivity index (χ4n) is 3.18. The lowest BCUT2D eigenvalue weighted by atomic mass is 9.97. The summed E-state index contributed by atoms with van der Waals surface area (Å²) in [6.07, 6.45) is 2.45. The molecule has 1 atom stereocenters. The predicted molar refractivity (Wildman–Crippen MR) is 105 cm³/mol. The van der Waals surface area contributed by atoms with Crippen LogP contribution in [0.3, 0.4) is 0 Å². The molecule has 0 radical (unpaired) electrons. The summed E-state index contributed by atoms with van der Waals surface area (Å²) in [6, 6.07) is 10.8. The maximum atomic E-state index is 5.17. The molecule has 5 nitrogen and oxygen atoms in total. The molecule has 2 N–H and O–H groups in total. The lowest BCUT2D eigenvalue weighted by molar-refractivity contribution is 0.121. The molecule has 140 valence electrons. The molecular weight excluding hydrogens is 312 g/mol. The number of hydrogen-bond acceptors (Lipinski definition) is 3. The first-order valence-electron chi connectivity index (χ1n) is 9.54. The molecule has 0 saturated carbocycles. The Morgan fingerprint density at radius 2 is 2.00 bits per heavy atom. The quantitative estimate of drug-likeness (QED) is 0.561. The van der Waals surface area contributed by atoms with Crippen LogP contribution in [-0.4, -0.2) is 57.3 Å². The average molecular weight is 347 g/mol. The second-order valence-corrected chi connectivity index (χ2v) is 6.77. The third kappa shape index (κ3) is 7.04. The first-order valence-corrected chi connectivity index (χ1v) is 9.54. The number of guanidine groups is 1. The predicted octanol–water partition coefficient (Wildman–Crippen LogP) is 2.66. The van der Waals surface area contributed by atoms with Crippen molar-refractivity contribution in [3.8, 4) is 0 Å². The Kier molecular flexibility index (Phi) is 8.77. The highest BCUT2D eigenvalue weighted by Crippen LogP contribution is 2.17. The summed E-state index contributed by atoms with van der Waals surface area (Å²) in [5, 5.41) is 6.89. The Bertz CT molecular complexity index is 498. The molecule has 0 aliphatic carbocycles. The molecule has 1 aromatic carbocycles. The molecule has 5 heteroatoms. The van der Waals surface area contributed by atoms with Gasteiger partial charge in [0.2, 0.25) is 0 Å². The molecule has 0 bridgehead atoms. The zero-order valence-corrected chi connectivity index (χ0v) is 16.0. The number of benzene rings is 1. The van der Waals surface area contributed by atoms with Crippen molar-refractivity contribution in [2.45, 2.75) is 32.7 Å². The number of nitrogens with one attached hydrogen (secondary N) is 2. The number of piperidine rings is 1. The summed E-state index contributed by atoms with van der Waals surface area (Å²) < 4.78 is 5.17. The van der Waals surface area contributed by atoms with Gasteiger partial charge in [0.25, 0.3) is 0 Å². The molecule has 0 amide bonds. The highest BCUT2D eigenvalue weighted by Gasteiger charge is 2.18. The van der Waals surface area contributed by atoms with Gasteiger partial charge in [0.15, 0.2) is 5.96 Å². The summed E-state index contributed by atoms with van der Waals surface area (Å²) in [5.41, 5.74) is 1.28. The molecule has 1 heterocycles. The van der Waals surface area contributed by atoms with Gasteiger partial charge in [-0.05, 0) is 51.3 Å². The number of aliphatic imine (C=N–C) groups is 1. The lowest BCUT2D eigenvalue weighted by Gasteiger charge is -2.31. The van der Waals surface area contributed by atoms with Gasteiger partial charge in [-0.3, -0.25) is 4.99 Å². The number of rotatable bonds is 8. The van der Waals surface area contributed by atoms with Gasteiger partial charge in [0.1, 0.15) is 0 Å². The molecule has 2 rings (SSSR count). The molecule has 0 aromatic heterocycles. The number of ether oxygens (including phenoxy) is 1. The van der Waals surface area contributed by atoms with Crippen molar-refractivity contribution in [2.24, 2.45) is 10.9 Å². The van der Waals surface area contributed by atoms with Gasteiger partial charge >= 0.3 is 0 Å². The Labute approximate surface area is 152 Å². The largest absolute Gasteiger partial charge is 0.383 e. The Morgan fingerprint density at radius 1 is 1.28 bits per heavy atom. The Hall–Kier alpha value is -1.59. The van der Waals surface area contributed by atoms with E-state index in [1.54, 1.807) is 7.11 Å². The second-order valence-electron chi connectivity index (χ2n) is 6.77. The zero-order chi connectivity index (χ0) is 17.9. The van der Waals surface area contributed by atoms with E-state index in [0.717, 1.165) is 45.3 Å². The van der Waals surface area contributed by atoms with Gasteiger partial charge in [-0.25, -0.2) is 0 Å². The minimum absolute atomic E-state index is 0.245. The Balaban J connectivity index is 1.81. The second kappa shape index (κ2) is 11.1. The van der Waals surface area contributed by atoms with E-state index in [0.29, 0.717) is 5.92 Å². The smallest absolute Gasteiger partial charge is 0.191 e. The SMILES string of the molecule is CCNC(=NCC1CCN(CCOC)CC1)NC(C)c1ccccc1. The van der Waals surface area contributed by atoms with E-state index in [2.05, 4.69) is 59.7 Å². The van der Waals surface area contributed by atoms with Crippen molar-refractivity contribution in [1.29, 1.82) is 0 Å². The number of methoxy groups -OCH3 is 1. The van der Waals surface area contributed by atoms with E-state index in [9.17, 15) is 0 Å². The minimum Gasteiger partial charge on any atom is -0.383 e. The van der Waals surface area contributed by atoms with Crippen LogP contribution in [-0.2, 0) is 4.74 Å². The normalized spacial score (nSPS) is 18.1. The van der Waals surface area contributed by atoms with Crippen LogP contribution in [0.25, 0.3) is 0 Å². The summed E-state index contributed by atoms with van der Waals surface area (Å²) in [7, 11) is 1.77. The average Bonchev–Trinajstić information content (AvgIpc) is 2.66. The van der Waals surface area contributed by atoms with Gasteiger partial charge < -0.3 is 20.3 Å². The number of nitrogens with zero attached hydrogens (tertiary/aromatic N) is 2. The van der Waals surface area contributed by atoms with Crippen molar-refractivity contribution in [3.05, 3.63) is 35.9 Å². The van der Waals surface area contributed by atoms with E-state index in [-0.39, 0.29) is 6.04 Å². The molecule has 1 fully saturated rings. The lowest BCUT2D eigenvalue weighted by Crippen LogP contribution is -2.40. The number of hydrogen-bond donors (Lipinski definition) is 2. The fraction of sp³-hybridized carbons (Fsp3) is 0.650. The van der Waals surface area contributed by atoms with Crippen molar-refractivity contribution in [3.63, 3.8) is 0 Å². The standard InChI is InChI=1S/C20H34N4O/c1-4-21-20(23-17(2)19-8-6-5-7-9-19)22-16-18-10-12-24(13-11-18)14-15-25-3/h5-9,17-18H,4,10-16H2,1-3H3,(H2,21,22,23). The van der Waals surface area contributed by atoms with Crippen molar-refractivity contribution < 1.29 is 4.74 Å². The molecule has 1 aliphatic heterocycles. The molecular formula is C20H34N4O. The topological polar surface area (TPSA) is 48.9 Å². The van der Waals surface area contributed by atoms with E-state index >= 15 is 0 Å². The monoisotopic (exact) mass is 346 g/mol. The molecule has 0 spiro atoms. The minimum atomic E-state index is 0.245. The van der Waals surface area contributed by atoms with Gasteiger partial charge in [0, 0.05) is 26.7 Å². The van der Waals surface area contributed by atoms with Gasteiger partial charge in [-0.2, -0.15) is 0 Å². The zero-order valence-electron chi connectivity index (χ0n) is 16.0. The van der Waals surface area contributed by atoms with Crippen LogP contribution >= 0.6 is 0 Å². The van der Waals surface area contributed by atoms with Crippen molar-refractivity contribution >= 4 is 5.96 Å². The molecule has 1 aromatic rings. The molecule has 1 saturated heterocycles. The summed E-state index contributed by atoms with van der Waals surface area (Å²) in [6.45, 7) is 10.3. The maximum absolute atomic E-state index is 5.17. The van der Waals surface area contributed by atoms with E-state index in [1.807, 2.05) is 0 Å². The third-order valence-electron chi connectivity index (χ3n) is 4.82. The maximum Gasteiger partial charge on any atom is 0.191 e. The summed E-state index contributed by atoms with van der Waals surface area (Å²) in [4.78, 5) is 7.33. The first kappa shape index (κ1) is 19.7. The van der Waals surface area contributed by atoms with Crippen LogP contribution in [0.4, 0.5) is 0 Å². The molecule has 1 unspecified atom stereocenters. The third-order valence-corrected chi connectivity index (χ3v) is 4.82. The van der Waals surface area contributed by atoms with Crippen LogP contribution in [0.5, 0.6) is 0 Å². The van der Waals surface area contributed by atoms with Gasteiger partial charge in [-0.1, -0.05) is 30.3 Å². The summed E-state index contributed by atoms with van der Waals surface area (Å²) in [5.74, 6) is 1.60. The highest BCUT2D eigenvalue weighted by atomic mass is 16.5. The van der Waals surface area contributed by atoms with Crippen LogP contribution in [0, 0.1) is 5.92 Å². The highest BCUT2D eigenvalue weighted by molar-refractivity contribution is 5.80. The molecule has 1 aliphatic rings. The fourth-order valence-corrected chi connectivity index (χ4v) is 3.18. The Morgan fingerprint density at radius 3 is 2.64 bits per heavy atom. The van der Waals surface area contributed by atoms with Gasteiger partial charge in [-0.15, -0.1) is 0 Å². The van der Waals surface area contributed by atoms with E-state index < -0.39 is 0 Å². The van der Waals surface area contributed by atoms with E-state index in [4.69, 9.17) is 9.73 Å². The van der Waals surface area contributed by atoms with Crippen LogP contribution in [0.2, 0.25) is 0 Å². The van der Waals surface area contributed by atoms with Crippen LogP contribution in [0.1, 0.15) is 38.3 Å². The molecule has 25 heavy (non-hydrogen) atoms. The van der Waals surface area contributed by atoms with Crippen molar-refractivity contribution in [1.82, 2.24) is 15.5 Å². The summed E-state index contributed by atoms with van der Waals surface area (Å²) >= 11 is 0.